The van der Waals surface area contributed by atoms with Crippen molar-refractivity contribution in [1.29, 1.82) is 5.26 Å². The zero-order chi connectivity index (χ0) is 18.7. The molecule has 0 saturated heterocycles. The molecule has 0 atom stereocenters. The molecule has 132 valence electrons. The number of allylic oxidation sites excluding steroid dienone is 1. The Morgan fingerprint density at radius 3 is 2.54 bits per heavy atom. The molecule has 1 amide bonds. The molecule has 0 radical (unpaired) electrons. The van der Waals surface area contributed by atoms with Crippen molar-refractivity contribution in [2.24, 2.45) is 5.92 Å². The quantitative estimate of drug-likeness (QED) is 0.435. The van der Waals surface area contributed by atoms with Gasteiger partial charge in [-0.1, -0.05) is 11.6 Å². The Morgan fingerprint density at radius 1 is 1.27 bits per heavy atom. The average molecular weight is 369 g/mol. The summed E-state index contributed by atoms with van der Waals surface area (Å²) in [7, 11) is 0. The van der Waals surface area contributed by atoms with Gasteiger partial charge >= 0.3 is 0 Å². The molecule has 2 N–H and O–H groups in total. The van der Waals surface area contributed by atoms with Crippen molar-refractivity contribution in [3.63, 3.8) is 0 Å². The number of benzene rings is 2. The number of hydrogen-bond donors (Lipinski definition) is 2. The average Bonchev–Trinajstić information content (AvgIpc) is 3.44. The summed E-state index contributed by atoms with van der Waals surface area (Å²) < 4.78 is 5.80. The molecule has 6 heteroatoms. The molecule has 0 heterocycles. The lowest BCUT2D eigenvalue weighted by atomic mass is 10.1. The largest absolute Gasteiger partial charge is 0.510 e. The van der Waals surface area contributed by atoms with E-state index >= 15 is 0 Å². The Balaban J connectivity index is 1.68. The number of aryl methyl sites for hydroxylation is 1. The second kappa shape index (κ2) is 7.51. The van der Waals surface area contributed by atoms with E-state index in [1.807, 2.05) is 13.0 Å². The highest BCUT2D eigenvalue weighted by atomic mass is 35.5. The molecule has 1 aliphatic rings. The number of rotatable bonds is 5. The van der Waals surface area contributed by atoms with Crippen LogP contribution in [0.25, 0.3) is 0 Å². The van der Waals surface area contributed by atoms with Gasteiger partial charge in [0.25, 0.3) is 5.91 Å². The van der Waals surface area contributed by atoms with E-state index in [1.54, 1.807) is 42.5 Å². The minimum atomic E-state index is -0.612. The van der Waals surface area contributed by atoms with Gasteiger partial charge in [-0.15, -0.1) is 0 Å². The minimum Gasteiger partial charge on any atom is -0.510 e. The lowest BCUT2D eigenvalue weighted by molar-refractivity contribution is -0.112. The predicted octanol–water partition coefficient (Wildman–Crippen LogP) is 5.12. The molecule has 1 saturated carbocycles. The van der Waals surface area contributed by atoms with Crippen LogP contribution in [-0.4, -0.2) is 11.0 Å². The maximum Gasteiger partial charge on any atom is 0.269 e. The van der Waals surface area contributed by atoms with Gasteiger partial charge < -0.3 is 15.2 Å². The van der Waals surface area contributed by atoms with Crippen molar-refractivity contribution < 1.29 is 14.6 Å². The number of halogens is 1. The van der Waals surface area contributed by atoms with Gasteiger partial charge in [-0.25, -0.2) is 0 Å². The fraction of sp³-hybridized carbons (Fsp3) is 0.200. The van der Waals surface area contributed by atoms with Gasteiger partial charge in [0.1, 0.15) is 23.3 Å². The van der Waals surface area contributed by atoms with Crippen LogP contribution in [0.15, 0.2) is 53.8 Å². The van der Waals surface area contributed by atoms with E-state index in [-0.39, 0.29) is 17.3 Å². The number of aliphatic hydroxyl groups is 1. The highest BCUT2D eigenvalue weighted by molar-refractivity contribution is 6.30. The van der Waals surface area contributed by atoms with E-state index in [4.69, 9.17) is 21.6 Å². The van der Waals surface area contributed by atoms with Gasteiger partial charge in [-0.3, -0.25) is 4.79 Å². The van der Waals surface area contributed by atoms with Gasteiger partial charge in [-0.05, 0) is 67.8 Å². The maximum absolute atomic E-state index is 12.2. The number of nitrogens with zero attached hydrogens (tertiary/aromatic N) is 1. The summed E-state index contributed by atoms with van der Waals surface area (Å²) >= 11 is 5.93. The summed E-state index contributed by atoms with van der Waals surface area (Å²) in [6.45, 7) is 1.90. The molecule has 5 nitrogen and oxygen atoms in total. The fourth-order valence-corrected chi connectivity index (χ4v) is 2.67. The van der Waals surface area contributed by atoms with Crippen LogP contribution in [-0.2, 0) is 4.79 Å². The third kappa shape index (κ3) is 4.16. The van der Waals surface area contributed by atoms with Crippen LogP contribution in [0.4, 0.5) is 5.69 Å². The van der Waals surface area contributed by atoms with Gasteiger partial charge in [0, 0.05) is 16.6 Å². The third-order valence-electron chi connectivity index (χ3n) is 4.04. The Labute approximate surface area is 156 Å². The Kier molecular flexibility index (Phi) is 5.15. The fourth-order valence-electron chi connectivity index (χ4n) is 2.44. The van der Waals surface area contributed by atoms with Crippen LogP contribution in [0, 0.1) is 24.2 Å². The first-order valence-electron chi connectivity index (χ1n) is 8.16. The number of nitriles is 1. The lowest BCUT2D eigenvalue weighted by Gasteiger charge is -2.10. The molecule has 1 fully saturated rings. The van der Waals surface area contributed by atoms with Crippen molar-refractivity contribution in [2.45, 2.75) is 19.8 Å². The smallest absolute Gasteiger partial charge is 0.269 e. The van der Waals surface area contributed by atoms with Crippen LogP contribution < -0.4 is 10.1 Å². The molecular formula is C20H17ClN2O3. The van der Waals surface area contributed by atoms with Gasteiger partial charge in [0.15, 0.2) is 5.57 Å². The van der Waals surface area contributed by atoms with Crippen LogP contribution in [0.2, 0.25) is 5.02 Å². The summed E-state index contributed by atoms with van der Waals surface area (Å²) in [4.78, 5) is 12.2. The number of carbonyl (C=O) groups excluding carboxylic acids is 1. The molecule has 0 bridgehead atoms. The predicted molar refractivity (Wildman–Crippen MR) is 99.3 cm³/mol. The Bertz CT molecular complexity index is 910. The van der Waals surface area contributed by atoms with Crippen LogP contribution >= 0.6 is 11.6 Å². The normalized spacial score (nSPS) is 14.2. The van der Waals surface area contributed by atoms with Crippen LogP contribution in [0.1, 0.15) is 18.4 Å². The summed E-state index contributed by atoms with van der Waals surface area (Å²) in [5.41, 5.74) is 1.19. The summed E-state index contributed by atoms with van der Waals surface area (Å²) in [5.74, 6) is 0.497. The van der Waals surface area contributed by atoms with E-state index in [1.165, 1.54) is 0 Å². The van der Waals surface area contributed by atoms with E-state index in [0.29, 0.717) is 22.2 Å². The second-order valence-electron chi connectivity index (χ2n) is 6.14. The summed E-state index contributed by atoms with van der Waals surface area (Å²) in [5, 5.41) is 22.3. The SMILES string of the molecule is Cc1cc(Cl)ccc1Oc1ccc(NC(=O)C(C#N)=C(O)C2CC2)cc1. The summed E-state index contributed by atoms with van der Waals surface area (Å²) in [6.07, 6.45) is 1.61. The molecule has 3 rings (SSSR count). The first-order chi connectivity index (χ1) is 12.5. The molecule has 1 aliphatic carbocycles. The highest BCUT2D eigenvalue weighted by Crippen LogP contribution is 2.36. The van der Waals surface area contributed by atoms with Crippen molar-refractivity contribution in [3.05, 3.63) is 64.4 Å². The van der Waals surface area contributed by atoms with E-state index < -0.39 is 5.91 Å². The molecule has 0 aliphatic heterocycles. The molecule has 0 aromatic heterocycles. The molecule has 2 aromatic carbocycles. The molecule has 0 unspecified atom stereocenters. The second-order valence-corrected chi connectivity index (χ2v) is 6.57. The molecule has 26 heavy (non-hydrogen) atoms. The Hall–Kier alpha value is -2.97. The third-order valence-corrected chi connectivity index (χ3v) is 4.27. The molecule has 0 spiro atoms. The number of amides is 1. The standard InChI is InChI=1S/C20H17ClN2O3/c1-12-10-14(21)4-9-18(12)26-16-7-5-15(6-8-16)23-20(25)17(11-22)19(24)13-2-3-13/h4-10,13,24H,2-3H2,1H3,(H,23,25). The maximum atomic E-state index is 12.2. The van der Waals surface area contributed by atoms with Crippen LogP contribution in [0.3, 0.4) is 0 Å². The number of aliphatic hydroxyl groups excluding tert-OH is 1. The van der Waals surface area contributed by atoms with Gasteiger partial charge in [0.05, 0.1) is 0 Å². The van der Waals surface area contributed by atoms with E-state index in [9.17, 15) is 9.90 Å². The monoisotopic (exact) mass is 368 g/mol. The van der Waals surface area contributed by atoms with Crippen molar-refractivity contribution in [2.75, 3.05) is 5.32 Å². The van der Waals surface area contributed by atoms with E-state index in [2.05, 4.69) is 5.32 Å². The number of carbonyl (C=O) groups is 1. The van der Waals surface area contributed by atoms with E-state index in [0.717, 1.165) is 18.4 Å². The Morgan fingerprint density at radius 2 is 1.96 bits per heavy atom. The topological polar surface area (TPSA) is 82.3 Å². The van der Waals surface area contributed by atoms with Gasteiger partial charge in [-0.2, -0.15) is 5.26 Å². The van der Waals surface area contributed by atoms with Crippen molar-refractivity contribution >= 4 is 23.2 Å². The minimum absolute atomic E-state index is 0.0613. The number of ether oxygens (including phenoxy) is 1. The molecular weight excluding hydrogens is 352 g/mol. The molecule has 2 aromatic rings. The lowest BCUT2D eigenvalue weighted by Crippen LogP contribution is -2.15. The highest BCUT2D eigenvalue weighted by Gasteiger charge is 2.30. The first kappa shape index (κ1) is 17.8. The van der Waals surface area contributed by atoms with Crippen molar-refractivity contribution in [1.82, 2.24) is 0 Å². The number of anilines is 1. The van der Waals surface area contributed by atoms with Crippen molar-refractivity contribution in [3.8, 4) is 17.6 Å². The number of nitrogens with one attached hydrogen (secondary N) is 1. The first-order valence-corrected chi connectivity index (χ1v) is 8.54. The van der Waals surface area contributed by atoms with Crippen LogP contribution in [0.5, 0.6) is 11.5 Å². The number of hydrogen-bond acceptors (Lipinski definition) is 4. The summed E-state index contributed by atoms with van der Waals surface area (Å²) in [6, 6.07) is 13.9. The zero-order valence-electron chi connectivity index (χ0n) is 14.1. The zero-order valence-corrected chi connectivity index (χ0v) is 14.9. The van der Waals surface area contributed by atoms with Gasteiger partial charge in [0.2, 0.25) is 0 Å².